The van der Waals surface area contributed by atoms with E-state index < -0.39 is 6.10 Å². The molecule has 0 aliphatic carbocycles. The SMILES string of the molecule is CNC[C@@H](O)COc1cccc(-c2cc(N3CCOCC3)c3cnn(C(C)C)c3n2)c1. The third-order valence-electron chi connectivity index (χ3n) is 5.40. The quantitative estimate of drug-likeness (QED) is 0.574. The number of likely N-dealkylation sites (N-methyl/N-ethyl adjacent to an activating group) is 1. The monoisotopic (exact) mass is 425 g/mol. The van der Waals surface area contributed by atoms with Gasteiger partial charge >= 0.3 is 0 Å². The first-order valence-electron chi connectivity index (χ1n) is 10.8. The molecule has 2 aromatic heterocycles. The van der Waals surface area contributed by atoms with Crippen LogP contribution >= 0.6 is 0 Å². The van der Waals surface area contributed by atoms with Gasteiger partial charge in [-0.3, -0.25) is 0 Å². The second kappa shape index (κ2) is 9.64. The van der Waals surface area contributed by atoms with Crippen molar-refractivity contribution >= 4 is 16.7 Å². The highest BCUT2D eigenvalue weighted by molar-refractivity contribution is 5.92. The van der Waals surface area contributed by atoms with Crippen LogP contribution in [0.3, 0.4) is 0 Å². The summed E-state index contributed by atoms with van der Waals surface area (Å²) in [4.78, 5) is 7.32. The van der Waals surface area contributed by atoms with Crippen molar-refractivity contribution < 1.29 is 14.6 Å². The molecule has 31 heavy (non-hydrogen) atoms. The van der Waals surface area contributed by atoms with E-state index in [1.807, 2.05) is 35.1 Å². The van der Waals surface area contributed by atoms with Crippen molar-refractivity contribution in [1.29, 1.82) is 0 Å². The van der Waals surface area contributed by atoms with Crippen molar-refractivity contribution in [3.05, 3.63) is 36.5 Å². The van der Waals surface area contributed by atoms with Crippen LogP contribution < -0.4 is 15.0 Å². The lowest BCUT2D eigenvalue weighted by Gasteiger charge is -2.29. The lowest BCUT2D eigenvalue weighted by atomic mass is 10.1. The average Bonchev–Trinajstić information content (AvgIpc) is 3.22. The molecule has 0 amide bonds. The molecule has 3 aromatic rings. The highest BCUT2D eigenvalue weighted by Gasteiger charge is 2.20. The maximum atomic E-state index is 9.93. The minimum atomic E-state index is -0.559. The van der Waals surface area contributed by atoms with E-state index in [4.69, 9.17) is 14.5 Å². The summed E-state index contributed by atoms with van der Waals surface area (Å²) in [7, 11) is 1.81. The second-order valence-electron chi connectivity index (χ2n) is 8.10. The van der Waals surface area contributed by atoms with E-state index in [2.05, 4.69) is 35.2 Å². The van der Waals surface area contributed by atoms with Gasteiger partial charge in [0.15, 0.2) is 5.65 Å². The molecule has 0 saturated carbocycles. The molecule has 1 aromatic carbocycles. The number of aromatic nitrogens is 3. The van der Waals surface area contributed by atoms with Crippen LogP contribution in [0.1, 0.15) is 19.9 Å². The summed E-state index contributed by atoms with van der Waals surface area (Å²) < 4.78 is 13.3. The summed E-state index contributed by atoms with van der Waals surface area (Å²) in [6.45, 7) is 8.07. The second-order valence-corrected chi connectivity index (χ2v) is 8.10. The largest absolute Gasteiger partial charge is 0.491 e. The smallest absolute Gasteiger partial charge is 0.160 e. The Morgan fingerprint density at radius 1 is 1.23 bits per heavy atom. The zero-order valence-electron chi connectivity index (χ0n) is 18.4. The number of fused-ring (bicyclic) bond motifs is 1. The normalized spacial score (nSPS) is 15.6. The van der Waals surface area contributed by atoms with Gasteiger partial charge in [-0.15, -0.1) is 0 Å². The van der Waals surface area contributed by atoms with Crippen molar-refractivity contribution in [2.24, 2.45) is 0 Å². The summed E-state index contributed by atoms with van der Waals surface area (Å²) in [5.41, 5.74) is 3.85. The highest BCUT2D eigenvalue weighted by Crippen LogP contribution is 2.33. The lowest BCUT2D eigenvalue weighted by molar-refractivity contribution is 0.108. The average molecular weight is 426 g/mol. The first-order chi connectivity index (χ1) is 15.1. The molecule has 8 heteroatoms. The Morgan fingerprint density at radius 3 is 2.77 bits per heavy atom. The van der Waals surface area contributed by atoms with Gasteiger partial charge in [-0.05, 0) is 39.1 Å². The van der Waals surface area contributed by atoms with Gasteiger partial charge in [-0.2, -0.15) is 5.10 Å². The van der Waals surface area contributed by atoms with Crippen molar-refractivity contribution in [3.8, 4) is 17.0 Å². The maximum Gasteiger partial charge on any atom is 0.160 e. The van der Waals surface area contributed by atoms with Crippen LogP contribution in [-0.2, 0) is 4.74 Å². The summed E-state index contributed by atoms with van der Waals surface area (Å²) in [6.07, 6.45) is 1.36. The number of nitrogens with one attached hydrogen (secondary N) is 1. The molecule has 0 radical (unpaired) electrons. The van der Waals surface area contributed by atoms with Gasteiger partial charge in [0, 0.05) is 31.2 Å². The van der Waals surface area contributed by atoms with Gasteiger partial charge in [-0.1, -0.05) is 12.1 Å². The van der Waals surface area contributed by atoms with E-state index in [-0.39, 0.29) is 12.6 Å². The first kappa shape index (κ1) is 21.5. The maximum absolute atomic E-state index is 9.93. The Bertz CT molecular complexity index is 1010. The minimum absolute atomic E-state index is 0.209. The summed E-state index contributed by atoms with van der Waals surface area (Å²) in [6, 6.07) is 10.2. The Morgan fingerprint density at radius 2 is 2.03 bits per heavy atom. The number of ether oxygens (including phenoxy) is 2. The molecule has 1 fully saturated rings. The van der Waals surface area contributed by atoms with Gasteiger partial charge in [0.05, 0.1) is 36.2 Å². The van der Waals surface area contributed by atoms with Gasteiger partial charge < -0.3 is 24.8 Å². The molecular weight excluding hydrogens is 394 g/mol. The molecule has 1 aliphatic rings. The summed E-state index contributed by atoms with van der Waals surface area (Å²) >= 11 is 0. The summed E-state index contributed by atoms with van der Waals surface area (Å²) in [5, 5.41) is 18.5. The van der Waals surface area contributed by atoms with Crippen molar-refractivity contribution in [1.82, 2.24) is 20.1 Å². The lowest BCUT2D eigenvalue weighted by Crippen LogP contribution is -2.36. The van der Waals surface area contributed by atoms with Crippen molar-refractivity contribution in [2.75, 3.05) is 51.4 Å². The zero-order valence-corrected chi connectivity index (χ0v) is 18.4. The number of anilines is 1. The fraction of sp³-hybridized carbons (Fsp3) is 0.478. The number of aliphatic hydroxyl groups is 1. The Hall–Kier alpha value is -2.68. The van der Waals surface area contributed by atoms with Crippen LogP contribution in [-0.4, -0.2) is 72.5 Å². The Labute approximate surface area is 182 Å². The van der Waals surface area contributed by atoms with E-state index in [0.717, 1.165) is 54.3 Å². The van der Waals surface area contributed by atoms with Crippen LogP contribution in [0.25, 0.3) is 22.3 Å². The fourth-order valence-corrected chi connectivity index (χ4v) is 3.83. The molecule has 0 bridgehead atoms. The van der Waals surface area contributed by atoms with E-state index in [1.54, 1.807) is 7.05 Å². The molecule has 3 heterocycles. The highest BCUT2D eigenvalue weighted by atomic mass is 16.5. The molecule has 8 nitrogen and oxygen atoms in total. The number of rotatable bonds is 8. The predicted molar refractivity (Wildman–Crippen MR) is 122 cm³/mol. The first-order valence-corrected chi connectivity index (χ1v) is 10.8. The van der Waals surface area contributed by atoms with E-state index in [0.29, 0.717) is 12.3 Å². The molecule has 0 spiro atoms. The number of hydrogen-bond acceptors (Lipinski definition) is 7. The minimum Gasteiger partial charge on any atom is -0.491 e. The molecular formula is C23H31N5O3. The summed E-state index contributed by atoms with van der Waals surface area (Å²) in [5.74, 6) is 0.708. The van der Waals surface area contributed by atoms with Crippen molar-refractivity contribution in [3.63, 3.8) is 0 Å². The van der Waals surface area contributed by atoms with E-state index in [9.17, 15) is 5.11 Å². The standard InChI is InChI=1S/C23H31N5O3/c1-16(2)28-23-20(14-25-28)22(27-7-9-30-10-8-27)12-21(26-23)17-5-4-6-19(11-17)31-15-18(29)13-24-3/h4-6,11-12,14,16,18,24,29H,7-10,13,15H2,1-3H3/t18-/m1/s1. The fourth-order valence-electron chi connectivity index (χ4n) is 3.83. The predicted octanol–water partition coefficient (Wildman–Crippen LogP) is 2.47. The molecule has 1 saturated heterocycles. The van der Waals surface area contributed by atoms with Crippen LogP contribution in [0, 0.1) is 0 Å². The van der Waals surface area contributed by atoms with E-state index in [1.165, 1.54) is 0 Å². The van der Waals surface area contributed by atoms with Crippen LogP contribution in [0.15, 0.2) is 36.5 Å². The molecule has 1 atom stereocenters. The number of hydrogen-bond donors (Lipinski definition) is 2. The van der Waals surface area contributed by atoms with Gasteiger partial charge in [0.25, 0.3) is 0 Å². The Kier molecular flexibility index (Phi) is 6.70. The van der Waals surface area contributed by atoms with Crippen LogP contribution in [0.5, 0.6) is 5.75 Å². The van der Waals surface area contributed by atoms with Crippen LogP contribution in [0.2, 0.25) is 0 Å². The van der Waals surface area contributed by atoms with Crippen LogP contribution in [0.4, 0.5) is 5.69 Å². The molecule has 1 aliphatic heterocycles. The zero-order chi connectivity index (χ0) is 21.8. The third kappa shape index (κ3) is 4.81. The Balaban J connectivity index is 1.71. The molecule has 166 valence electrons. The third-order valence-corrected chi connectivity index (χ3v) is 5.40. The number of morpholine rings is 1. The van der Waals surface area contributed by atoms with Gasteiger partial charge in [0.1, 0.15) is 18.5 Å². The molecule has 4 rings (SSSR count). The topological polar surface area (TPSA) is 84.7 Å². The number of pyridine rings is 1. The molecule has 2 N–H and O–H groups in total. The van der Waals surface area contributed by atoms with Gasteiger partial charge in [-0.25, -0.2) is 9.67 Å². The molecule has 0 unspecified atom stereocenters. The van der Waals surface area contributed by atoms with Gasteiger partial charge in [0.2, 0.25) is 0 Å². The number of nitrogens with zero attached hydrogens (tertiary/aromatic N) is 4. The number of benzene rings is 1. The van der Waals surface area contributed by atoms with Crippen molar-refractivity contribution in [2.45, 2.75) is 26.0 Å². The number of aliphatic hydroxyl groups excluding tert-OH is 1. The van der Waals surface area contributed by atoms with E-state index >= 15 is 0 Å².